The average molecular weight is 244 g/mol. The predicted molar refractivity (Wildman–Crippen MR) is 68.9 cm³/mol. The number of fused-ring (bicyclic) bond motifs is 1. The van der Waals surface area contributed by atoms with Crippen LogP contribution in [0.15, 0.2) is 42.0 Å². The number of methoxy groups -OCH3 is 1. The van der Waals surface area contributed by atoms with E-state index in [-0.39, 0.29) is 0 Å². The summed E-state index contributed by atoms with van der Waals surface area (Å²) >= 11 is 1.76. The molecule has 0 saturated heterocycles. The minimum Gasteiger partial charge on any atom is -0.495 e. The number of aromatic nitrogens is 2. The van der Waals surface area contributed by atoms with E-state index in [1.807, 2.05) is 24.5 Å². The van der Waals surface area contributed by atoms with Crippen LogP contribution in [0.2, 0.25) is 0 Å². The number of ether oxygens (including phenoxy) is 1. The summed E-state index contributed by atoms with van der Waals surface area (Å²) in [5.74, 6) is 1.89. The molecule has 0 aliphatic heterocycles. The van der Waals surface area contributed by atoms with Crippen LogP contribution < -0.4 is 4.74 Å². The van der Waals surface area contributed by atoms with E-state index in [1.54, 1.807) is 18.4 Å². The Labute approximate surface area is 103 Å². The molecule has 86 valence electrons. The van der Waals surface area contributed by atoms with Crippen molar-refractivity contribution in [3.63, 3.8) is 0 Å². The van der Waals surface area contributed by atoms with E-state index in [0.717, 1.165) is 23.5 Å². The summed E-state index contributed by atoms with van der Waals surface area (Å²) in [6.45, 7) is 0. The first kappa shape index (κ1) is 10.4. The van der Waals surface area contributed by atoms with Gasteiger partial charge >= 0.3 is 0 Å². The topological polar surface area (TPSA) is 26.5 Å². The summed E-state index contributed by atoms with van der Waals surface area (Å²) in [4.78, 5) is 5.78. The lowest BCUT2D eigenvalue weighted by molar-refractivity contribution is 0.412. The van der Waals surface area contributed by atoms with Crippen molar-refractivity contribution in [1.29, 1.82) is 0 Å². The highest BCUT2D eigenvalue weighted by Crippen LogP contribution is 2.18. The van der Waals surface area contributed by atoms with Crippen molar-refractivity contribution in [1.82, 2.24) is 9.38 Å². The molecule has 0 aromatic carbocycles. The minimum absolute atomic E-state index is 0.850. The first-order valence-electron chi connectivity index (χ1n) is 5.39. The fraction of sp³-hybridized carbons (Fsp3) is 0.154. The fourth-order valence-electron chi connectivity index (χ4n) is 1.84. The molecular formula is C13H12N2OS. The van der Waals surface area contributed by atoms with Crippen LogP contribution in [-0.4, -0.2) is 16.5 Å². The molecule has 0 saturated carbocycles. The predicted octanol–water partition coefficient (Wildman–Crippen LogP) is 3.00. The van der Waals surface area contributed by atoms with Gasteiger partial charge in [0, 0.05) is 11.3 Å². The molecule has 0 radical (unpaired) electrons. The summed E-state index contributed by atoms with van der Waals surface area (Å²) < 4.78 is 7.32. The van der Waals surface area contributed by atoms with Crippen molar-refractivity contribution >= 4 is 16.9 Å². The van der Waals surface area contributed by atoms with Gasteiger partial charge in [-0.25, -0.2) is 4.98 Å². The summed E-state index contributed by atoms with van der Waals surface area (Å²) in [7, 11) is 1.68. The van der Waals surface area contributed by atoms with Crippen molar-refractivity contribution < 1.29 is 4.74 Å². The normalized spacial score (nSPS) is 10.9. The lowest BCUT2D eigenvalue weighted by Gasteiger charge is -2.03. The third-order valence-corrected chi connectivity index (χ3v) is 3.60. The Kier molecular flexibility index (Phi) is 2.57. The maximum atomic E-state index is 5.24. The summed E-state index contributed by atoms with van der Waals surface area (Å²) in [6, 6.07) is 8.16. The summed E-state index contributed by atoms with van der Waals surface area (Å²) in [6.07, 6.45) is 4.73. The van der Waals surface area contributed by atoms with Gasteiger partial charge < -0.3 is 4.74 Å². The van der Waals surface area contributed by atoms with Crippen molar-refractivity contribution in [3.8, 4) is 5.75 Å². The van der Waals surface area contributed by atoms with E-state index >= 15 is 0 Å². The molecule has 3 aromatic rings. The Morgan fingerprint density at radius 2 is 2.29 bits per heavy atom. The van der Waals surface area contributed by atoms with E-state index in [9.17, 15) is 0 Å². The molecule has 0 unspecified atom stereocenters. The van der Waals surface area contributed by atoms with Gasteiger partial charge in [0.15, 0.2) is 0 Å². The van der Waals surface area contributed by atoms with E-state index in [4.69, 9.17) is 4.74 Å². The maximum absolute atomic E-state index is 5.24. The number of thiophene rings is 1. The zero-order chi connectivity index (χ0) is 11.7. The van der Waals surface area contributed by atoms with Crippen molar-refractivity contribution in [3.05, 3.63) is 52.7 Å². The number of nitrogens with zero attached hydrogens (tertiary/aromatic N) is 2. The highest BCUT2D eigenvalue weighted by atomic mass is 32.1. The van der Waals surface area contributed by atoms with Crippen LogP contribution in [-0.2, 0) is 6.42 Å². The number of hydrogen-bond acceptors (Lipinski definition) is 3. The Morgan fingerprint density at radius 1 is 1.35 bits per heavy atom. The number of pyridine rings is 1. The molecule has 0 atom stereocenters. The van der Waals surface area contributed by atoms with Crippen molar-refractivity contribution in [2.24, 2.45) is 0 Å². The van der Waals surface area contributed by atoms with Gasteiger partial charge in [0.25, 0.3) is 0 Å². The van der Waals surface area contributed by atoms with Gasteiger partial charge in [-0.2, -0.15) is 0 Å². The Hall–Kier alpha value is -1.81. The number of hydrogen-bond donors (Lipinski definition) is 0. The number of rotatable bonds is 3. The van der Waals surface area contributed by atoms with Gasteiger partial charge in [-0.05, 0) is 23.6 Å². The molecule has 3 rings (SSSR count). The lowest BCUT2D eigenvalue weighted by atomic mass is 10.3. The lowest BCUT2D eigenvalue weighted by Crippen LogP contribution is -1.95. The molecule has 3 heterocycles. The largest absolute Gasteiger partial charge is 0.495 e. The van der Waals surface area contributed by atoms with Crippen LogP contribution in [0.4, 0.5) is 0 Å². The Morgan fingerprint density at radius 3 is 3.06 bits per heavy atom. The first-order valence-corrected chi connectivity index (χ1v) is 6.27. The second kappa shape index (κ2) is 4.22. The molecule has 0 bridgehead atoms. The molecule has 0 amide bonds. The van der Waals surface area contributed by atoms with E-state index in [2.05, 4.69) is 26.9 Å². The van der Waals surface area contributed by atoms with E-state index in [1.165, 1.54) is 4.88 Å². The van der Waals surface area contributed by atoms with Crippen LogP contribution in [0.5, 0.6) is 5.75 Å². The molecule has 0 spiro atoms. The molecule has 0 aliphatic rings. The smallest absolute Gasteiger partial charge is 0.135 e. The fourth-order valence-corrected chi connectivity index (χ4v) is 2.55. The molecule has 0 aliphatic carbocycles. The van der Waals surface area contributed by atoms with Crippen molar-refractivity contribution in [2.75, 3.05) is 7.11 Å². The second-order valence-corrected chi connectivity index (χ2v) is 4.83. The maximum Gasteiger partial charge on any atom is 0.135 e. The third-order valence-electron chi connectivity index (χ3n) is 2.72. The quantitative estimate of drug-likeness (QED) is 0.708. The number of imidazole rings is 1. The highest BCUT2D eigenvalue weighted by Gasteiger charge is 2.06. The zero-order valence-electron chi connectivity index (χ0n) is 9.46. The zero-order valence-corrected chi connectivity index (χ0v) is 10.3. The molecule has 3 nitrogen and oxygen atoms in total. The van der Waals surface area contributed by atoms with Gasteiger partial charge in [-0.15, -0.1) is 11.3 Å². The molecule has 17 heavy (non-hydrogen) atoms. The van der Waals surface area contributed by atoms with Crippen molar-refractivity contribution in [2.45, 2.75) is 6.42 Å². The first-order chi connectivity index (χ1) is 8.36. The summed E-state index contributed by atoms with van der Waals surface area (Å²) in [5.41, 5.74) is 1.09. The second-order valence-electron chi connectivity index (χ2n) is 3.79. The molecule has 0 N–H and O–H groups in total. The molecule has 0 fully saturated rings. The van der Waals surface area contributed by atoms with Gasteiger partial charge in [-0.3, -0.25) is 4.40 Å². The van der Waals surface area contributed by atoms with Gasteiger partial charge in [0.1, 0.15) is 11.6 Å². The van der Waals surface area contributed by atoms with Gasteiger partial charge in [0.2, 0.25) is 0 Å². The molecule has 4 heteroatoms. The van der Waals surface area contributed by atoms with Crippen LogP contribution in [0.3, 0.4) is 0 Å². The molecular weight excluding hydrogens is 232 g/mol. The van der Waals surface area contributed by atoms with E-state index in [0.29, 0.717) is 0 Å². The summed E-state index contributed by atoms with van der Waals surface area (Å²) in [5, 5.41) is 2.09. The monoisotopic (exact) mass is 244 g/mol. The van der Waals surface area contributed by atoms with Crippen LogP contribution >= 0.6 is 11.3 Å². The third kappa shape index (κ3) is 1.91. The Balaban J connectivity index is 2.04. The minimum atomic E-state index is 0.850. The Bertz CT molecular complexity index is 628. The van der Waals surface area contributed by atoms with Crippen LogP contribution in [0, 0.1) is 0 Å². The van der Waals surface area contributed by atoms with Gasteiger partial charge in [0.05, 0.1) is 25.0 Å². The molecule has 3 aromatic heterocycles. The van der Waals surface area contributed by atoms with Crippen LogP contribution in [0.25, 0.3) is 5.52 Å². The average Bonchev–Trinajstić information content (AvgIpc) is 2.99. The van der Waals surface area contributed by atoms with Crippen LogP contribution in [0.1, 0.15) is 10.7 Å². The van der Waals surface area contributed by atoms with Gasteiger partial charge in [-0.1, -0.05) is 6.07 Å². The highest BCUT2D eigenvalue weighted by molar-refractivity contribution is 7.09. The standard InChI is InChI=1S/C13H12N2OS/c1-16-11-5-4-10-8-14-13(15(10)9-11)7-12-3-2-6-17-12/h2-6,8-9H,7H2,1H3. The SMILES string of the molecule is COc1ccc2cnc(Cc3cccs3)n2c1. The van der Waals surface area contributed by atoms with E-state index < -0.39 is 0 Å².